The molecular weight excluding hydrogens is 212 g/mol. The van der Waals surface area contributed by atoms with Crippen LogP contribution in [0.4, 0.5) is 0 Å². The van der Waals surface area contributed by atoms with Crippen molar-refractivity contribution in [3.8, 4) is 0 Å². The van der Waals surface area contributed by atoms with Gasteiger partial charge in [-0.2, -0.15) is 0 Å². The first-order valence-corrected chi connectivity index (χ1v) is 5.77. The van der Waals surface area contributed by atoms with Gasteiger partial charge >= 0.3 is 0 Å². The summed E-state index contributed by atoms with van der Waals surface area (Å²) in [6, 6.07) is 8.17. The van der Waals surface area contributed by atoms with Gasteiger partial charge in [0.15, 0.2) is 0 Å². The van der Waals surface area contributed by atoms with Gasteiger partial charge in [-0.25, -0.2) is 0 Å². The molecule has 0 saturated heterocycles. The van der Waals surface area contributed by atoms with Crippen LogP contribution >= 0.6 is 0 Å². The van der Waals surface area contributed by atoms with Crippen molar-refractivity contribution in [3.63, 3.8) is 0 Å². The Morgan fingerprint density at radius 1 is 1.41 bits per heavy atom. The van der Waals surface area contributed by atoms with E-state index in [0.29, 0.717) is 0 Å². The number of fused-ring (bicyclic) bond motifs is 1. The summed E-state index contributed by atoms with van der Waals surface area (Å²) in [5.41, 5.74) is 7.35. The third kappa shape index (κ3) is 2.38. The second-order valence-electron chi connectivity index (χ2n) is 4.03. The number of aromatic nitrogens is 1. The number of para-hydroxylation sites is 1. The second-order valence-corrected chi connectivity index (χ2v) is 4.03. The molecule has 1 aromatic heterocycles. The third-order valence-electron chi connectivity index (χ3n) is 2.71. The van der Waals surface area contributed by atoms with Crippen LogP contribution in [-0.2, 0) is 11.3 Å². The van der Waals surface area contributed by atoms with Gasteiger partial charge in [0.1, 0.15) is 0 Å². The molecule has 0 aliphatic carbocycles. The van der Waals surface area contributed by atoms with Crippen molar-refractivity contribution in [1.29, 1.82) is 0 Å². The normalized spacial score (nSPS) is 11.4. The van der Waals surface area contributed by atoms with Crippen LogP contribution < -0.4 is 5.73 Å². The molecule has 88 valence electrons. The number of carbonyl (C=O) groups is 1. The van der Waals surface area contributed by atoms with Crippen molar-refractivity contribution in [2.24, 2.45) is 5.73 Å². The lowest BCUT2D eigenvalue weighted by Gasteiger charge is -2.01. The summed E-state index contributed by atoms with van der Waals surface area (Å²) < 4.78 is 2.20. The minimum atomic E-state index is -0.419. The summed E-state index contributed by atoms with van der Waals surface area (Å²) in [7, 11) is 0. The Kier molecular flexibility index (Phi) is 3.28. The number of rotatable bonds is 4. The summed E-state index contributed by atoms with van der Waals surface area (Å²) in [6.07, 6.45) is 6.32. The van der Waals surface area contributed by atoms with Crippen LogP contribution in [0.5, 0.6) is 0 Å². The smallest absolute Gasteiger partial charge is 0.241 e. The second kappa shape index (κ2) is 4.87. The zero-order valence-electron chi connectivity index (χ0n) is 9.89. The number of aryl methyl sites for hydroxylation is 1. The van der Waals surface area contributed by atoms with E-state index in [-0.39, 0.29) is 0 Å². The van der Waals surface area contributed by atoms with Gasteiger partial charge in [0.05, 0.1) is 0 Å². The molecule has 17 heavy (non-hydrogen) atoms. The number of primary amides is 1. The summed E-state index contributed by atoms with van der Waals surface area (Å²) in [5.74, 6) is -0.419. The van der Waals surface area contributed by atoms with Crippen LogP contribution in [0.2, 0.25) is 0 Å². The number of amides is 1. The molecular formula is C14H16N2O. The van der Waals surface area contributed by atoms with E-state index >= 15 is 0 Å². The van der Waals surface area contributed by atoms with Crippen molar-refractivity contribution in [1.82, 2.24) is 4.57 Å². The maximum atomic E-state index is 10.8. The maximum absolute atomic E-state index is 10.8. The number of nitrogens with zero attached hydrogens (tertiary/aromatic N) is 1. The molecule has 2 N–H and O–H groups in total. The lowest BCUT2D eigenvalue weighted by atomic mass is 10.1. The molecule has 1 heterocycles. The first kappa shape index (κ1) is 11.5. The van der Waals surface area contributed by atoms with Gasteiger partial charge in [-0.15, -0.1) is 0 Å². The molecule has 0 unspecified atom stereocenters. The maximum Gasteiger partial charge on any atom is 0.241 e. The Balaban J connectivity index is 2.52. The summed E-state index contributed by atoms with van der Waals surface area (Å²) in [5, 5.41) is 1.15. The highest BCUT2D eigenvalue weighted by Crippen LogP contribution is 2.22. The quantitative estimate of drug-likeness (QED) is 0.803. The minimum absolute atomic E-state index is 0.419. The molecule has 1 amide bonds. The predicted octanol–water partition coefficient (Wildman–Crippen LogP) is 2.55. The third-order valence-corrected chi connectivity index (χ3v) is 2.71. The molecule has 0 radical (unpaired) electrons. The van der Waals surface area contributed by atoms with Crippen LogP contribution in [-0.4, -0.2) is 10.5 Å². The Morgan fingerprint density at radius 2 is 2.18 bits per heavy atom. The SMILES string of the molecule is CCCn1cc(/C=C\C(N)=O)c2ccccc21. The zero-order chi connectivity index (χ0) is 12.3. The summed E-state index contributed by atoms with van der Waals surface area (Å²) >= 11 is 0. The average Bonchev–Trinajstić information content (AvgIpc) is 2.66. The van der Waals surface area contributed by atoms with Crippen LogP contribution in [0.3, 0.4) is 0 Å². The lowest BCUT2D eigenvalue weighted by molar-refractivity contribution is -0.113. The highest BCUT2D eigenvalue weighted by Gasteiger charge is 2.04. The molecule has 0 spiro atoms. The van der Waals surface area contributed by atoms with Crippen LogP contribution in [0.25, 0.3) is 17.0 Å². The van der Waals surface area contributed by atoms with Crippen molar-refractivity contribution in [2.45, 2.75) is 19.9 Å². The van der Waals surface area contributed by atoms with E-state index < -0.39 is 5.91 Å². The molecule has 1 aromatic carbocycles. The van der Waals surface area contributed by atoms with E-state index in [2.05, 4.69) is 29.8 Å². The highest BCUT2D eigenvalue weighted by molar-refractivity contribution is 5.95. The fourth-order valence-electron chi connectivity index (χ4n) is 2.01. The van der Waals surface area contributed by atoms with Gasteiger partial charge in [-0.3, -0.25) is 4.79 Å². The number of benzene rings is 1. The fourth-order valence-corrected chi connectivity index (χ4v) is 2.01. The largest absolute Gasteiger partial charge is 0.366 e. The molecule has 3 heteroatoms. The lowest BCUT2D eigenvalue weighted by Crippen LogP contribution is -2.04. The molecule has 0 bridgehead atoms. The molecule has 0 aliphatic heterocycles. The average molecular weight is 228 g/mol. The predicted molar refractivity (Wildman–Crippen MR) is 70.5 cm³/mol. The molecule has 2 aromatic rings. The van der Waals surface area contributed by atoms with E-state index in [1.54, 1.807) is 6.08 Å². The van der Waals surface area contributed by atoms with Gasteiger partial charge in [0, 0.05) is 35.3 Å². The number of hydrogen-bond acceptors (Lipinski definition) is 1. The standard InChI is InChI=1S/C14H16N2O/c1-2-9-16-10-11(7-8-14(15)17)12-5-3-4-6-13(12)16/h3-8,10H,2,9H2,1H3,(H2,15,17)/b8-7-. The van der Waals surface area contributed by atoms with Crippen molar-refractivity contribution in [3.05, 3.63) is 42.1 Å². The first-order chi connectivity index (χ1) is 8.22. The number of nitrogens with two attached hydrogens (primary N) is 1. The van der Waals surface area contributed by atoms with Gasteiger partial charge < -0.3 is 10.3 Å². The van der Waals surface area contributed by atoms with Crippen LogP contribution in [0.1, 0.15) is 18.9 Å². The van der Waals surface area contributed by atoms with Crippen molar-refractivity contribution >= 4 is 22.9 Å². The van der Waals surface area contributed by atoms with Gasteiger partial charge in [-0.05, 0) is 18.6 Å². The van der Waals surface area contributed by atoms with Gasteiger partial charge in [0.2, 0.25) is 5.91 Å². The monoisotopic (exact) mass is 228 g/mol. The van der Waals surface area contributed by atoms with Gasteiger partial charge in [0.25, 0.3) is 0 Å². The molecule has 0 aliphatic rings. The number of carbonyl (C=O) groups excluding carboxylic acids is 1. The molecule has 0 fully saturated rings. The Labute approximate surface area is 101 Å². The first-order valence-electron chi connectivity index (χ1n) is 5.77. The molecule has 0 saturated carbocycles. The Morgan fingerprint density at radius 3 is 2.88 bits per heavy atom. The number of hydrogen-bond donors (Lipinski definition) is 1. The van der Waals surface area contributed by atoms with E-state index in [1.807, 2.05) is 12.1 Å². The van der Waals surface area contributed by atoms with Crippen molar-refractivity contribution in [2.75, 3.05) is 0 Å². The molecule has 2 rings (SSSR count). The van der Waals surface area contributed by atoms with Crippen molar-refractivity contribution < 1.29 is 4.79 Å². The summed E-state index contributed by atoms with van der Waals surface area (Å²) in [6.45, 7) is 3.12. The Hall–Kier alpha value is -2.03. The summed E-state index contributed by atoms with van der Waals surface area (Å²) in [4.78, 5) is 10.8. The van der Waals surface area contributed by atoms with Crippen LogP contribution in [0.15, 0.2) is 36.5 Å². The Bertz CT molecular complexity index is 567. The fraction of sp³-hybridized carbons (Fsp3) is 0.214. The van der Waals surface area contributed by atoms with E-state index in [1.165, 1.54) is 11.6 Å². The van der Waals surface area contributed by atoms with Crippen LogP contribution in [0, 0.1) is 0 Å². The highest BCUT2D eigenvalue weighted by atomic mass is 16.1. The zero-order valence-corrected chi connectivity index (χ0v) is 9.89. The topological polar surface area (TPSA) is 48.0 Å². The minimum Gasteiger partial charge on any atom is -0.366 e. The molecule has 3 nitrogen and oxygen atoms in total. The van der Waals surface area contributed by atoms with E-state index in [4.69, 9.17) is 5.73 Å². The van der Waals surface area contributed by atoms with E-state index in [9.17, 15) is 4.79 Å². The van der Waals surface area contributed by atoms with Gasteiger partial charge in [-0.1, -0.05) is 25.1 Å². The van der Waals surface area contributed by atoms with E-state index in [0.717, 1.165) is 23.9 Å². The molecule has 0 atom stereocenters.